The number of para-hydroxylation sites is 2. The van der Waals surface area contributed by atoms with Crippen molar-refractivity contribution in [3.63, 3.8) is 0 Å². The smallest absolute Gasteiger partial charge is 0.355 e. The lowest BCUT2D eigenvalue weighted by Gasteiger charge is -2.01. The predicted molar refractivity (Wildman–Crippen MR) is 85.2 cm³/mol. The van der Waals surface area contributed by atoms with Crippen molar-refractivity contribution in [1.29, 1.82) is 0 Å². The van der Waals surface area contributed by atoms with Crippen molar-refractivity contribution >= 4 is 22.5 Å². The first-order valence-electron chi connectivity index (χ1n) is 6.88. The fourth-order valence-corrected chi connectivity index (χ4v) is 2.61. The Labute approximate surface area is 125 Å². The highest BCUT2D eigenvalue weighted by Gasteiger charge is 2.15. The van der Waals surface area contributed by atoms with Crippen molar-refractivity contribution < 1.29 is 0 Å². The van der Waals surface area contributed by atoms with Gasteiger partial charge in [-0.1, -0.05) is 24.3 Å². The van der Waals surface area contributed by atoms with E-state index in [1.165, 1.54) is 9.08 Å². The van der Waals surface area contributed by atoms with Crippen molar-refractivity contribution in [2.75, 3.05) is 5.73 Å². The van der Waals surface area contributed by atoms with Gasteiger partial charge in [0, 0.05) is 0 Å². The fourth-order valence-electron chi connectivity index (χ4n) is 2.61. The number of nitrogen functional groups attached to an aromatic ring is 1. The average Bonchev–Trinajstić information content (AvgIpc) is 2.86. The van der Waals surface area contributed by atoms with Gasteiger partial charge in [0.25, 0.3) is 0 Å². The summed E-state index contributed by atoms with van der Waals surface area (Å²) in [6, 6.07) is 15.0. The lowest BCUT2D eigenvalue weighted by Crippen LogP contribution is -2.20. The van der Waals surface area contributed by atoms with Crippen molar-refractivity contribution in [3.8, 4) is 5.69 Å². The van der Waals surface area contributed by atoms with E-state index >= 15 is 0 Å². The van der Waals surface area contributed by atoms with Crippen LogP contribution in [0.25, 0.3) is 22.4 Å². The average molecular weight is 291 g/mol. The quantitative estimate of drug-likeness (QED) is 0.581. The van der Waals surface area contributed by atoms with Crippen LogP contribution in [0.2, 0.25) is 0 Å². The third-order valence-electron chi connectivity index (χ3n) is 3.62. The Hall–Kier alpha value is -3.15. The normalized spacial score (nSPS) is 11.3. The van der Waals surface area contributed by atoms with Gasteiger partial charge in [-0.3, -0.25) is 0 Å². The zero-order chi connectivity index (χ0) is 15.3. The second-order valence-corrected chi connectivity index (χ2v) is 5.18. The molecule has 0 aliphatic rings. The van der Waals surface area contributed by atoms with Crippen LogP contribution in [0.5, 0.6) is 0 Å². The number of benzene rings is 2. The van der Waals surface area contributed by atoms with Gasteiger partial charge in [0.05, 0.1) is 16.7 Å². The molecule has 0 amide bonds. The van der Waals surface area contributed by atoms with Crippen LogP contribution in [0.1, 0.15) is 5.56 Å². The summed E-state index contributed by atoms with van der Waals surface area (Å²) < 4.78 is 2.85. The van der Waals surface area contributed by atoms with Crippen LogP contribution in [0, 0.1) is 6.92 Å². The molecule has 0 bridgehead atoms. The summed E-state index contributed by atoms with van der Waals surface area (Å²) in [4.78, 5) is 17.1. The Balaban J connectivity index is 2.16. The van der Waals surface area contributed by atoms with E-state index < -0.39 is 0 Å². The van der Waals surface area contributed by atoms with Gasteiger partial charge in [-0.25, -0.2) is 14.2 Å². The first kappa shape index (κ1) is 12.6. The van der Waals surface area contributed by atoms with E-state index in [4.69, 9.17) is 5.73 Å². The van der Waals surface area contributed by atoms with Gasteiger partial charge in [-0.15, -0.1) is 5.10 Å². The minimum absolute atomic E-state index is 0.238. The molecule has 2 heterocycles. The van der Waals surface area contributed by atoms with Gasteiger partial charge in [-0.05, 0) is 36.8 Å². The highest BCUT2D eigenvalue weighted by Crippen LogP contribution is 2.17. The molecule has 2 aromatic carbocycles. The Morgan fingerprint density at radius 1 is 1.09 bits per heavy atom. The third kappa shape index (κ3) is 1.70. The summed E-state index contributed by atoms with van der Waals surface area (Å²) in [6.45, 7) is 1.97. The van der Waals surface area contributed by atoms with E-state index in [1.54, 1.807) is 0 Å². The lowest BCUT2D eigenvalue weighted by molar-refractivity contribution is 0.841. The van der Waals surface area contributed by atoms with Crippen molar-refractivity contribution in [1.82, 2.24) is 19.2 Å². The summed E-state index contributed by atoms with van der Waals surface area (Å²) in [7, 11) is 0. The summed E-state index contributed by atoms with van der Waals surface area (Å²) >= 11 is 0. The molecule has 0 spiro atoms. The van der Waals surface area contributed by atoms with Crippen LogP contribution in [0.4, 0.5) is 5.82 Å². The van der Waals surface area contributed by atoms with Crippen LogP contribution in [0.15, 0.2) is 53.3 Å². The molecule has 0 aliphatic heterocycles. The van der Waals surface area contributed by atoms with E-state index in [2.05, 4.69) is 10.1 Å². The van der Waals surface area contributed by atoms with E-state index in [0.717, 1.165) is 5.56 Å². The maximum absolute atomic E-state index is 12.8. The summed E-state index contributed by atoms with van der Waals surface area (Å²) in [6.07, 6.45) is 0. The Bertz CT molecular complexity index is 1080. The number of aryl methyl sites for hydroxylation is 1. The number of aromatic nitrogens is 4. The van der Waals surface area contributed by atoms with Gasteiger partial charge in [0.15, 0.2) is 5.82 Å². The third-order valence-corrected chi connectivity index (χ3v) is 3.62. The molecule has 0 saturated carbocycles. The van der Waals surface area contributed by atoms with Gasteiger partial charge in [0.1, 0.15) is 0 Å². The highest BCUT2D eigenvalue weighted by atomic mass is 16.2. The molecular weight excluding hydrogens is 278 g/mol. The zero-order valence-corrected chi connectivity index (χ0v) is 11.9. The highest BCUT2D eigenvalue weighted by molar-refractivity contribution is 5.81. The van der Waals surface area contributed by atoms with E-state index in [1.807, 2.05) is 55.5 Å². The molecule has 108 valence electrons. The van der Waals surface area contributed by atoms with Crippen LogP contribution >= 0.6 is 0 Å². The molecular formula is C16H13N5O. The standard InChI is InChI=1S/C16H13N5O/c1-10-5-4-6-11(9-10)21-16(22)20-13-8-3-2-7-12(13)18-14(17)15(20)19-21/h2-9H,1H3,(H2,17,18). The molecule has 0 aliphatic carbocycles. The zero-order valence-electron chi connectivity index (χ0n) is 11.9. The molecule has 2 N–H and O–H groups in total. The maximum Gasteiger partial charge on any atom is 0.355 e. The number of hydrogen-bond donors (Lipinski definition) is 1. The van der Waals surface area contributed by atoms with Gasteiger partial charge < -0.3 is 5.73 Å². The number of fused-ring (bicyclic) bond motifs is 3. The second-order valence-electron chi connectivity index (χ2n) is 5.18. The fraction of sp³-hybridized carbons (Fsp3) is 0.0625. The van der Waals surface area contributed by atoms with Crippen molar-refractivity contribution in [2.24, 2.45) is 0 Å². The largest absolute Gasteiger partial charge is 0.381 e. The van der Waals surface area contributed by atoms with Crippen LogP contribution in [-0.2, 0) is 0 Å². The molecule has 6 nitrogen and oxygen atoms in total. The minimum atomic E-state index is -0.258. The van der Waals surface area contributed by atoms with Crippen LogP contribution in [0.3, 0.4) is 0 Å². The molecule has 4 rings (SSSR count). The number of rotatable bonds is 1. The minimum Gasteiger partial charge on any atom is -0.381 e. The molecule has 22 heavy (non-hydrogen) atoms. The molecule has 6 heteroatoms. The van der Waals surface area contributed by atoms with Crippen molar-refractivity contribution in [2.45, 2.75) is 6.92 Å². The molecule has 0 saturated heterocycles. The van der Waals surface area contributed by atoms with Crippen LogP contribution in [-0.4, -0.2) is 19.2 Å². The Kier molecular flexibility index (Phi) is 2.53. The molecule has 2 aromatic heterocycles. The Morgan fingerprint density at radius 3 is 2.73 bits per heavy atom. The van der Waals surface area contributed by atoms with E-state index in [0.29, 0.717) is 22.4 Å². The van der Waals surface area contributed by atoms with E-state index in [-0.39, 0.29) is 11.5 Å². The molecule has 4 aromatic rings. The lowest BCUT2D eigenvalue weighted by atomic mass is 10.2. The first-order valence-corrected chi connectivity index (χ1v) is 6.88. The second kappa shape index (κ2) is 4.42. The molecule has 0 radical (unpaired) electrons. The Morgan fingerprint density at radius 2 is 1.91 bits per heavy atom. The van der Waals surface area contributed by atoms with Gasteiger partial charge >= 0.3 is 5.69 Å². The summed E-state index contributed by atoms with van der Waals surface area (Å²) in [5.41, 5.74) is 9.19. The van der Waals surface area contributed by atoms with Crippen molar-refractivity contribution in [3.05, 3.63) is 64.6 Å². The molecule has 0 fully saturated rings. The predicted octanol–water partition coefficient (Wildman–Crippen LogP) is 1.92. The SMILES string of the molecule is Cc1cccc(-n2nc3c(N)nc4ccccc4n3c2=O)c1. The maximum atomic E-state index is 12.8. The monoisotopic (exact) mass is 291 g/mol. The van der Waals surface area contributed by atoms with Gasteiger partial charge in [0.2, 0.25) is 5.65 Å². The summed E-state index contributed by atoms with van der Waals surface area (Å²) in [5, 5.41) is 4.35. The van der Waals surface area contributed by atoms with Gasteiger partial charge in [-0.2, -0.15) is 4.68 Å². The molecule has 0 unspecified atom stereocenters. The number of hydrogen-bond acceptors (Lipinski definition) is 4. The summed E-state index contributed by atoms with van der Waals surface area (Å²) in [5.74, 6) is 0.238. The van der Waals surface area contributed by atoms with E-state index in [9.17, 15) is 4.79 Å². The molecule has 0 atom stereocenters. The number of nitrogens with zero attached hydrogens (tertiary/aromatic N) is 4. The first-order chi connectivity index (χ1) is 10.6. The topological polar surface area (TPSA) is 78.2 Å². The van der Waals surface area contributed by atoms with Crippen LogP contribution < -0.4 is 11.4 Å². The number of nitrogens with two attached hydrogens (primary N) is 1. The number of anilines is 1.